The summed E-state index contributed by atoms with van der Waals surface area (Å²) in [6, 6.07) is 4.52. The minimum absolute atomic E-state index is 0.0997. The zero-order valence-corrected chi connectivity index (χ0v) is 11.0. The summed E-state index contributed by atoms with van der Waals surface area (Å²) in [5, 5.41) is 10.4. The average Bonchev–Trinajstić information content (AvgIpc) is 2.26. The molecule has 0 fully saturated rings. The van der Waals surface area contributed by atoms with Crippen LogP contribution in [0.2, 0.25) is 0 Å². The highest BCUT2D eigenvalue weighted by Crippen LogP contribution is 2.16. The van der Waals surface area contributed by atoms with Crippen LogP contribution in [0.4, 0.5) is 5.69 Å². The maximum absolute atomic E-state index is 11.8. The van der Waals surface area contributed by atoms with E-state index in [9.17, 15) is 18.5 Å². The minimum Gasteiger partial charge on any atom is -0.281 e. The first kappa shape index (κ1) is 14.6. The van der Waals surface area contributed by atoms with Crippen LogP contribution in [0.5, 0.6) is 0 Å². The van der Waals surface area contributed by atoms with E-state index in [1.807, 2.05) is 4.89 Å². The lowest BCUT2D eigenvalue weighted by Gasteiger charge is -2.19. The number of nitro benzene ring substituents is 1. The molecule has 1 aromatic rings. The topological polar surface area (TPSA) is 98.5 Å². The first-order chi connectivity index (χ1) is 8.12. The Bertz CT molecular complexity index is 530. The van der Waals surface area contributed by atoms with Gasteiger partial charge in [-0.2, -0.15) is 0 Å². The smallest absolute Gasteiger partial charge is 0.269 e. The maximum Gasteiger partial charge on any atom is 0.269 e. The quantitative estimate of drug-likeness (QED) is 0.664. The number of nitro groups is 1. The summed E-state index contributed by atoms with van der Waals surface area (Å²) in [4.78, 5) is 16.7. The molecule has 100 valence electrons. The third kappa shape index (κ3) is 4.06. The van der Waals surface area contributed by atoms with Crippen molar-refractivity contribution in [3.63, 3.8) is 0 Å². The van der Waals surface area contributed by atoms with Crippen molar-refractivity contribution >= 4 is 15.7 Å². The van der Waals surface area contributed by atoms with Gasteiger partial charge in [-0.15, -0.1) is 0 Å². The molecule has 7 nitrogen and oxygen atoms in total. The van der Waals surface area contributed by atoms with E-state index in [2.05, 4.69) is 0 Å². The molecule has 0 heterocycles. The summed E-state index contributed by atoms with van der Waals surface area (Å²) >= 11 is 0. The van der Waals surface area contributed by atoms with Gasteiger partial charge < -0.3 is 0 Å². The Kier molecular flexibility index (Phi) is 4.05. The molecule has 0 amide bonds. The molecule has 0 radical (unpaired) electrons. The largest absolute Gasteiger partial charge is 0.281 e. The van der Waals surface area contributed by atoms with E-state index in [4.69, 9.17) is 4.84 Å². The second-order valence-corrected chi connectivity index (χ2v) is 6.20. The molecule has 1 aromatic carbocycles. The Morgan fingerprint density at radius 3 is 2.11 bits per heavy atom. The van der Waals surface area contributed by atoms with Gasteiger partial charge in [0.05, 0.1) is 15.4 Å². The molecule has 0 aliphatic rings. The fourth-order valence-corrected chi connectivity index (χ4v) is 1.93. The van der Waals surface area contributed by atoms with Crippen LogP contribution in [-0.4, -0.2) is 18.9 Å². The molecule has 0 saturated heterocycles. The lowest BCUT2D eigenvalue weighted by atomic mass is 10.2. The van der Waals surface area contributed by atoms with E-state index >= 15 is 0 Å². The van der Waals surface area contributed by atoms with E-state index < -0.39 is 20.5 Å². The van der Waals surface area contributed by atoms with Gasteiger partial charge in [-0.05, 0) is 32.9 Å². The minimum atomic E-state index is -3.83. The lowest BCUT2D eigenvalue weighted by Crippen LogP contribution is -2.33. The summed E-state index contributed by atoms with van der Waals surface area (Å²) < 4.78 is 23.5. The number of rotatable bonds is 4. The molecule has 0 saturated carbocycles. The van der Waals surface area contributed by atoms with Crippen LogP contribution in [0.3, 0.4) is 0 Å². The molecule has 0 spiro atoms. The second-order valence-electron chi connectivity index (χ2n) is 4.55. The van der Waals surface area contributed by atoms with Crippen LogP contribution in [0.15, 0.2) is 29.2 Å². The summed E-state index contributed by atoms with van der Waals surface area (Å²) in [7, 11) is -3.83. The third-order valence-corrected chi connectivity index (χ3v) is 3.01. The highest BCUT2D eigenvalue weighted by molar-refractivity contribution is 7.89. The maximum atomic E-state index is 11.8. The molecular weight excluding hydrogens is 260 g/mol. The molecule has 8 heteroatoms. The highest BCUT2D eigenvalue weighted by atomic mass is 32.2. The lowest BCUT2D eigenvalue weighted by molar-refractivity contribution is -0.384. The Morgan fingerprint density at radius 2 is 1.72 bits per heavy atom. The normalized spacial score (nSPS) is 12.4. The van der Waals surface area contributed by atoms with Crippen LogP contribution in [-0.2, 0) is 14.9 Å². The number of nitrogens with zero attached hydrogens (tertiary/aromatic N) is 1. The zero-order chi connectivity index (χ0) is 14.0. The Labute approximate surface area is 105 Å². The second kappa shape index (κ2) is 5.01. The Balaban J connectivity index is 2.89. The number of benzene rings is 1. The van der Waals surface area contributed by atoms with Gasteiger partial charge in [-0.1, -0.05) is 4.89 Å². The third-order valence-electron chi connectivity index (χ3n) is 1.82. The van der Waals surface area contributed by atoms with Gasteiger partial charge in [-0.25, -0.2) is 8.42 Å². The molecule has 0 aromatic heterocycles. The molecule has 18 heavy (non-hydrogen) atoms. The van der Waals surface area contributed by atoms with Crippen molar-refractivity contribution in [3.8, 4) is 0 Å². The van der Waals surface area contributed by atoms with Crippen LogP contribution in [0.25, 0.3) is 0 Å². The summed E-state index contributed by atoms with van der Waals surface area (Å²) in [5.74, 6) is 0. The molecular formula is C10H14N2O5S. The summed E-state index contributed by atoms with van der Waals surface area (Å²) in [6.45, 7) is 5.06. The first-order valence-electron chi connectivity index (χ1n) is 5.06. The van der Waals surface area contributed by atoms with Gasteiger partial charge in [0, 0.05) is 12.1 Å². The van der Waals surface area contributed by atoms with E-state index in [1.165, 1.54) is 0 Å². The fraction of sp³-hybridized carbons (Fsp3) is 0.400. The van der Waals surface area contributed by atoms with Crippen molar-refractivity contribution in [2.24, 2.45) is 0 Å². The number of non-ortho nitro benzene ring substituents is 1. The number of hydrogen-bond donors (Lipinski definition) is 1. The molecule has 0 aliphatic heterocycles. The molecule has 0 atom stereocenters. The van der Waals surface area contributed by atoms with Crippen molar-refractivity contribution in [3.05, 3.63) is 34.4 Å². The van der Waals surface area contributed by atoms with Gasteiger partial charge in [-0.3, -0.25) is 15.0 Å². The van der Waals surface area contributed by atoms with Crippen LogP contribution < -0.4 is 4.89 Å². The van der Waals surface area contributed by atoms with Crippen LogP contribution in [0, 0.1) is 10.1 Å². The van der Waals surface area contributed by atoms with Crippen LogP contribution in [0.1, 0.15) is 20.8 Å². The van der Waals surface area contributed by atoms with Crippen molar-refractivity contribution in [2.75, 3.05) is 0 Å². The molecule has 0 unspecified atom stereocenters. The summed E-state index contributed by atoms with van der Waals surface area (Å²) in [6.07, 6.45) is 0. The highest BCUT2D eigenvalue weighted by Gasteiger charge is 2.19. The standard InChI is InChI=1S/C10H14N2O5S/c1-10(2,3)17-11-18(15,16)9-6-4-8(5-7-9)12(13)14/h4-7,11H,1-3H3. The van der Waals surface area contributed by atoms with Gasteiger partial charge in [0.15, 0.2) is 0 Å². The monoisotopic (exact) mass is 274 g/mol. The van der Waals surface area contributed by atoms with Crippen LogP contribution >= 0.6 is 0 Å². The van der Waals surface area contributed by atoms with E-state index in [0.29, 0.717) is 0 Å². The number of hydrogen-bond acceptors (Lipinski definition) is 5. The van der Waals surface area contributed by atoms with Gasteiger partial charge >= 0.3 is 0 Å². The molecule has 1 N–H and O–H groups in total. The number of sulfonamides is 1. The van der Waals surface area contributed by atoms with Crippen molar-refractivity contribution in [1.29, 1.82) is 0 Å². The van der Waals surface area contributed by atoms with Crippen molar-refractivity contribution < 1.29 is 18.2 Å². The molecule has 0 aliphatic carbocycles. The van der Waals surface area contributed by atoms with Gasteiger partial charge in [0.2, 0.25) is 0 Å². The Morgan fingerprint density at radius 1 is 1.22 bits per heavy atom. The number of nitrogens with one attached hydrogen (secondary N) is 1. The predicted octanol–water partition coefficient (Wildman–Crippen LogP) is 1.60. The zero-order valence-electron chi connectivity index (χ0n) is 10.2. The fourth-order valence-electron chi connectivity index (χ4n) is 0.975. The predicted molar refractivity (Wildman–Crippen MR) is 64.3 cm³/mol. The van der Waals surface area contributed by atoms with E-state index in [-0.39, 0.29) is 10.6 Å². The van der Waals surface area contributed by atoms with Gasteiger partial charge in [0.1, 0.15) is 0 Å². The first-order valence-corrected chi connectivity index (χ1v) is 6.54. The van der Waals surface area contributed by atoms with E-state index in [0.717, 1.165) is 24.3 Å². The van der Waals surface area contributed by atoms with Crippen molar-refractivity contribution in [2.45, 2.75) is 31.3 Å². The summed E-state index contributed by atoms with van der Waals surface area (Å²) in [5.41, 5.74) is -0.848. The van der Waals surface area contributed by atoms with E-state index in [1.54, 1.807) is 20.8 Å². The van der Waals surface area contributed by atoms with Gasteiger partial charge in [0.25, 0.3) is 15.7 Å². The SMILES string of the molecule is CC(C)(C)ONS(=O)(=O)c1ccc([N+](=O)[O-])cc1. The van der Waals surface area contributed by atoms with Crippen molar-refractivity contribution in [1.82, 2.24) is 4.89 Å². The average molecular weight is 274 g/mol. The molecule has 1 rings (SSSR count). The molecule has 0 bridgehead atoms. The Hall–Kier alpha value is -1.51.